The highest BCUT2D eigenvalue weighted by Gasteiger charge is 2.12. The highest BCUT2D eigenvalue weighted by atomic mass is 16.5. The Balaban J connectivity index is 2.19. The molecule has 1 heterocycles. The van der Waals surface area contributed by atoms with Gasteiger partial charge >= 0.3 is 0 Å². The lowest BCUT2D eigenvalue weighted by atomic mass is 10.1. The van der Waals surface area contributed by atoms with E-state index in [1.807, 2.05) is 25.1 Å². The van der Waals surface area contributed by atoms with Crippen LogP contribution in [0.5, 0.6) is 11.5 Å². The molecule has 1 unspecified atom stereocenters. The molecule has 20 heavy (non-hydrogen) atoms. The van der Waals surface area contributed by atoms with E-state index < -0.39 is 0 Å². The van der Waals surface area contributed by atoms with Gasteiger partial charge in [-0.2, -0.15) is 0 Å². The van der Waals surface area contributed by atoms with Gasteiger partial charge in [0.2, 0.25) is 0 Å². The lowest BCUT2D eigenvalue weighted by Crippen LogP contribution is -2.18. The van der Waals surface area contributed by atoms with Gasteiger partial charge < -0.3 is 15.2 Å². The topological polar surface area (TPSA) is 70.3 Å². The van der Waals surface area contributed by atoms with Crippen LogP contribution in [0.1, 0.15) is 18.3 Å². The summed E-state index contributed by atoms with van der Waals surface area (Å²) >= 11 is 0. The number of nitrogens with two attached hydrogens (primary N) is 1. The standard InChI is InChI=1S/C15H19N3O2/c1-11(16)9-12-5-3-6-13(19-2)15(12)20-10-14-17-7-4-8-18-14/h3-8,11H,9-10,16H2,1-2H3. The smallest absolute Gasteiger partial charge is 0.166 e. The molecular weight excluding hydrogens is 254 g/mol. The molecule has 0 spiro atoms. The first kappa shape index (κ1) is 14.3. The van der Waals surface area contributed by atoms with E-state index in [0.717, 1.165) is 12.0 Å². The van der Waals surface area contributed by atoms with Crippen LogP contribution >= 0.6 is 0 Å². The molecule has 0 fully saturated rings. The molecule has 2 N–H and O–H groups in total. The molecule has 1 atom stereocenters. The van der Waals surface area contributed by atoms with E-state index in [2.05, 4.69) is 9.97 Å². The molecule has 106 valence electrons. The molecule has 1 aromatic carbocycles. The maximum absolute atomic E-state index is 5.87. The number of hydrogen-bond acceptors (Lipinski definition) is 5. The second-order valence-electron chi connectivity index (χ2n) is 4.58. The van der Waals surface area contributed by atoms with Gasteiger partial charge in [0.15, 0.2) is 17.3 Å². The predicted octanol–water partition coefficient (Wildman–Crippen LogP) is 1.95. The molecule has 0 saturated heterocycles. The fourth-order valence-corrected chi connectivity index (χ4v) is 1.93. The van der Waals surface area contributed by atoms with Crippen LogP contribution in [-0.2, 0) is 13.0 Å². The van der Waals surface area contributed by atoms with E-state index >= 15 is 0 Å². The number of hydrogen-bond donors (Lipinski definition) is 1. The van der Waals surface area contributed by atoms with Gasteiger partial charge in [0, 0.05) is 18.4 Å². The van der Waals surface area contributed by atoms with E-state index in [4.69, 9.17) is 15.2 Å². The van der Waals surface area contributed by atoms with Crippen molar-refractivity contribution in [2.75, 3.05) is 7.11 Å². The van der Waals surface area contributed by atoms with Crippen LogP contribution in [-0.4, -0.2) is 23.1 Å². The lowest BCUT2D eigenvalue weighted by molar-refractivity contribution is 0.273. The Morgan fingerprint density at radius 1 is 1.20 bits per heavy atom. The van der Waals surface area contributed by atoms with E-state index in [9.17, 15) is 0 Å². The highest BCUT2D eigenvalue weighted by molar-refractivity contribution is 5.47. The largest absolute Gasteiger partial charge is 0.493 e. The fraction of sp³-hybridized carbons (Fsp3) is 0.333. The zero-order chi connectivity index (χ0) is 14.4. The van der Waals surface area contributed by atoms with E-state index in [-0.39, 0.29) is 6.04 Å². The first-order valence-corrected chi connectivity index (χ1v) is 6.51. The number of ether oxygens (including phenoxy) is 2. The molecule has 0 amide bonds. The summed E-state index contributed by atoms with van der Waals surface area (Å²) in [5, 5.41) is 0. The first-order chi connectivity index (χ1) is 9.70. The Kier molecular flexibility index (Phi) is 4.90. The van der Waals surface area contributed by atoms with Crippen LogP contribution in [0.4, 0.5) is 0 Å². The number of nitrogens with zero attached hydrogens (tertiary/aromatic N) is 2. The van der Waals surface area contributed by atoms with Crippen LogP contribution < -0.4 is 15.2 Å². The van der Waals surface area contributed by atoms with Crippen molar-refractivity contribution in [1.29, 1.82) is 0 Å². The van der Waals surface area contributed by atoms with Crippen molar-refractivity contribution >= 4 is 0 Å². The van der Waals surface area contributed by atoms with Gasteiger partial charge in [-0.05, 0) is 31.0 Å². The fourth-order valence-electron chi connectivity index (χ4n) is 1.93. The maximum atomic E-state index is 5.87. The minimum absolute atomic E-state index is 0.0532. The van der Waals surface area contributed by atoms with Crippen molar-refractivity contribution in [3.63, 3.8) is 0 Å². The lowest BCUT2D eigenvalue weighted by Gasteiger charge is -2.15. The molecule has 2 aromatic rings. The molecular formula is C15H19N3O2. The number of para-hydroxylation sites is 1. The second kappa shape index (κ2) is 6.86. The maximum Gasteiger partial charge on any atom is 0.166 e. The second-order valence-corrected chi connectivity index (χ2v) is 4.58. The Morgan fingerprint density at radius 3 is 2.60 bits per heavy atom. The number of rotatable bonds is 6. The molecule has 2 rings (SSSR count). The molecule has 0 aliphatic rings. The molecule has 0 bridgehead atoms. The molecule has 0 radical (unpaired) electrons. The SMILES string of the molecule is COc1cccc(CC(C)N)c1OCc1ncccn1. The van der Waals surface area contributed by atoms with Crippen LogP contribution in [0, 0.1) is 0 Å². The number of aromatic nitrogens is 2. The van der Waals surface area contributed by atoms with Crippen molar-refractivity contribution in [1.82, 2.24) is 9.97 Å². The van der Waals surface area contributed by atoms with Crippen molar-refractivity contribution in [3.05, 3.63) is 48.0 Å². The third-order valence-corrected chi connectivity index (χ3v) is 2.79. The van der Waals surface area contributed by atoms with Crippen LogP contribution in [0.25, 0.3) is 0 Å². The van der Waals surface area contributed by atoms with Gasteiger partial charge in [-0.25, -0.2) is 9.97 Å². The molecule has 5 nitrogen and oxygen atoms in total. The Morgan fingerprint density at radius 2 is 1.95 bits per heavy atom. The van der Waals surface area contributed by atoms with Gasteiger partial charge in [0.05, 0.1) is 7.11 Å². The summed E-state index contributed by atoms with van der Waals surface area (Å²) in [6.45, 7) is 2.26. The molecule has 0 saturated carbocycles. The van der Waals surface area contributed by atoms with Crippen LogP contribution in [0.3, 0.4) is 0 Å². The number of methoxy groups -OCH3 is 1. The Hall–Kier alpha value is -2.14. The average molecular weight is 273 g/mol. The predicted molar refractivity (Wildman–Crippen MR) is 76.7 cm³/mol. The summed E-state index contributed by atoms with van der Waals surface area (Å²) in [6, 6.07) is 7.62. The Labute approximate surface area is 118 Å². The van der Waals surface area contributed by atoms with Crippen molar-refractivity contribution in [3.8, 4) is 11.5 Å². The molecule has 0 aliphatic carbocycles. The molecule has 0 aliphatic heterocycles. The zero-order valence-corrected chi connectivity index (χ0v) is 11.7. The number of benzene rings is 1. The van der Waals surface area contributed by atoms with Gasteiger partial charge in [0.1, 0.15) is 6.61 Å². The minimum atomic E-state index is 0.0532. The summed E-state index contributed by atoms with van der Waals surface area (Å²) in [5.41, 5.74) is 6.89. The van der Waals surface area contributed by atoms with Crippen molar-refractivity contribution in [2.45, 2.75) is 26.0 Å². The van der Waals surface area contributed by atoms with Gasteiger partial charge in [0.25, 0.3) is 0 Å². The molecule has 1 aromatic heterocycles. The van der Waals surface area contributed by atoms with E-state index in [1.54, 1.807) is 25.6 Å². The van der Waals surface area contributed by atoms with Gasteiger partial charge in [-0.3, -0.25) is 0 Å². The zero-order valence-electron chi connectivity index (χ0n) is 11.7. The first-order valence-electron chi connectivity index (χ1n) is 6.51. The summed E-state index contributed by atoms with van der Waals surface area (Å²) < 4.78 is 11.2. The minimum Gasteiger partial charge on any atom is -0.493 e. The van der Waals surface area contributed by atoms with Gasteiger partial charge in [-0.1, -0.05) is 12.1 Å². The van der Waals surface area contributed by atoms with Crippen LogP contribution in [0.2, 0.25) is 0 Å². The quantitative estimate of drug-likeness (QED) is 0.871. The average Bonchev–Trinajstić information content (AvgIpc) is 2.46. The van der Waals surface area contributed by atoms with Crippen molar-refractivity contribution in [2.24, 2.45) is 5.73 Å². The van der Waals surface area contributed by atoms with E-state index in [0.29, 0.717) is 23.9 Å². The summed E-state index contributed by atoms with van der Waals surface area (Å²) in [4.78, 5) is 8.28. The van der Waals surface area contributed by atoms with Crippen molar-refractivity contribution < 1.29 is 9.47 Å². The van der Waals surface area contributed by atoms with E-state index in [1.165, 1.54) is 0 Å². The summed E-state index contributed by atoms with van der Waals surface area (Å²) in [5.74, 6) is 2.03. The van der Waals surface area contributed by atoms with Gasteiger partial charge in [-0.15, -0.1) is 0 Å². The summed E-state index contributed by atoms with van der Waals surface area (Å²) in [7, 11) is 1.62. The monoisotopic (exact) mass is 273 g/mol. The Bertz CT molecular complexity index is 544. The normalized spacial score (nSPS) is 11.9. The third-order valence-electron chi connectivity index (χ3n) is 2.79. The van der Waals surface area contributed by atoms with Crippen LogP contribution in [0.15, 0.2) is 36.7 Å². The highest BCUT2D eigenvalue weighted by Crippen LogP contribution is 2.32. The molecule has 5 heteroatoms. The third kappa shape index (κ3) is 3.68. The summed E-state index contributed by atoms with van der Waals surface area (Å²) in [6.07, 6.45) is 4.11.